The van der Waals surface area contributed by atoms with Gasteiger partial charge in [-0.2, -0.15) is 8.42 Å². The van der Waals surface area contributed by atoms with Crippen LogP contribution in [0.25, 0.3) is 20.9 Å². The van der Waals surface area contributed by atoms with E-state index in [0.29, 0.717) is 10.6 Å². The zero-order chi connectivity index (χ0) is 21.3. The van der Waals surface area contributed by atoms with E-state index in [4.69, 9.17) is 20.9 Å². The number of Topliss-reactive ketones (excluding diaryl/α,β-unsaturated/α-hetero) is 1. The molecule has 1 aromatic heterocycles. The van der Waals surface area contributed by atoms with Gasteiger partial charge in [-0.25, -0.2) is 5.14 Å². The number of benzene rings is 3. The van der Waals surface area contributed by atoms with Crippen molar-refractivity contribution in [2.24, 2.45) is 5.14 Å². The Labute approximate surface area is 183 Å². The van der Waals surface area contributed by atoms with Crippen molar-refractivity contribution in [2.45, 2.75) is 12.3 Å². The highest BCUT2D eigenvalue weighted by atomic mass is 35.5. The van der Waals surface area contributed by atoms with Crippen LogP contribution in [0.5, 0.6) is 0 Å². The average molecular weight is 460 g/mol. The fourth-order valence-electron chi connectivity index (χ4n) is 3.48. The molecule has 4 aromatic rings. The zero-order valence-electron chi connectivity index (χ0n) is 15.7. The maximum atomic E-state index is 13.2. The summed E-state index contributed by atoms with van der Waals surface area (Å²) >= 11 is 7.60. The number of rotatable bonds is 7. The molecule has 0 spiro atoms. The van der Waals surface area contributed by atoms with Crippen LogP contribution in [-0.4, -0.2) is 20.8 Å². The van der Waals surface area contributed by atoms with Crippen LogP contribution in [0.2, 0.25) is 5.02 Å². The molecular weight excluding hydrogens is 442 g/mol. The highest BCUT2D eigenvalue weighted by Crippen LogP contribution is 2.34. The molecule has 0 saturated carbocycles. The summed E-state index contributed by atoms with van der Waals surface area (Å²) in [6, 6.07) is 19.1. The maximum Gasteiger partial charge on any atom is 0.333 e. The molecular formula is C22H18ClNO4S2. The lowest BCUT2D eigenvalue weighted by Crippen LogP contribution is -2.25. The lowest BCUT2D eigenvalue weighted by atomic mass is 9.91. The van der Waals surface area contributed by atoms with Crippen LogP contribution in [0.4, 0.5) is 0 Å². The lowest BCUT2D eigenvalue weighted by Gasteiger charge is -2.15. The third-order valence-corrected chi connectivity index (χ3v) is 6.60. The Balaban J connectivity index is 1.68. The fourth-order valence-corrected chi connectivity index (χ4v) is 4.98. The number of halogens is 1. The van der Waals surface area contributed by atoms with E-state index in [9.17, 15) is 13.2 Å². The Morgan fingerprint density at radius 2 is 1.83 bits per heavy atom. The van der Waals surface area contributed by atoms with Gasteiger partial charge in [-0.1, -0.05) is 54.1 Å². The molecule has 30 heavy (non-hydrogen) atoms. The second-order valence-corrected chi connectivity index (χ2v) is 9.55. The van der Waals surface area contributed by atoms with Gasteiger partial charge in [0.05, 0.1) is 12.5 Å². The summed E-state index contributed by atoms with van der Waals surface area (Å²) in [7, 11) is -4.18. The summed E-state index contributed by atoms with van der Waals surface area (Å²) < 4.78 is 28.5. The van der Waals surface area contributed by atoms with E-state index in [1.165, 1.54) is 11.3 Å². The number of carbonyl (C=O) groups excluding carboxylic acids is 1. The van der Waals surface area contributed by atoms with Crippen molar-refractivity contribution in [3.05, 3.63) is 82.2 Å². The summed E-state index contributed by atoms with van der Waals surface area (Å²) in [6.45, 7) is -0.358. The van der Waals surface area contributed by atoms with Crippen LogP contribution < -0.4 is 5.14 Å². The first-order valence-electron chi connectivity index (χ1n) is 9.14. The molecule has 0 aliphatic carbocycles. The SMILES string of the molecule is NS(=O)(=O)OCC(C(=O)Cc1ccc2ccccc2c1)c1csc2ccc(Cl)cc12. The molecule has 4 rings (SSSR count). The maximum absolute atomic E-state index is 13.2. The van der Waals surface area contributed by atoms with Crippen molar-refractivity contribution in [3.8, 4) is 0 Å². The molecule has 8 heteroatoms. The summed E-state index contributed by atoms with van der Waals surface area (Å²) in [6.07, 6.45) is 0.140. The monoisotopic (exact) mass is 459 g/mol. The minimum Gasteiger partial charge on any atom is -0.299 e. The first kappa shape index (κ1) is 21.0. The number of carbonyl (C=O) groups is 1. The van der Waals surface area contributed by atoms with Gasteiger partial charge in [0.25, 0.3) is 0 Å². The molecule has 0 aliphatic heterocycles. The van der Waals surface area contributed by atoms with Crippen LogP contribution in [0.15, 0.2) is 66.0 Å². The normalized spacial score (nSPS) is 13.0. The van der Waals surface area contributed by atoms with E-state index in [1.807, 2.05) is 53.9 Å². The van der Waals surface area contributed by atoms with Gasteiger partial charge in [-0.05, 0) is 50.9 Å². The topological polar surface area (TPSA) is 86.5 Å². The predicted molar refractivity (Wildman–Crippen MR) is 121 cm³/mol. The summed E-state index contributed by atoms with van der Waals surface area (Å²) in [5.74, 6) is -0.949. The number of hydrogen-bond acceptors (Lipinski definition) is 5. The number of hydrogen-bond donors (Lipinski definition) is 1. The molecule has 0 aliphatic rings. The molecule has 1 atom stereocenters. The van der Waals surface area contributed by atoms with Gasteiger partial charge in [-0.3, -0.25) is 8.98 Å². The highest BCUT2D eigenvalue weighted by molar-refractivity contribution is 7.84. The quantitative estimate of drug-likeness (QED) is 0.429. The third-order valence-electron chi connectivity index (χ3n) is 4.92. The average Bonchev–Trinajstić information content (AvgIpc) is 3.10. The van der Waals surface area contributed by atoms with Crippen LogP contribution >= 0.6 is 22.9 Å². The standard InChI is InChI=1S/C22H18ClNO4S2/c23-17-7-8-22-18(11-17)20(13-29-22)19(12-28-30(24,26)27)21(25)10-14-5-6-15-3-1-2-4-16(15)9-14/h1-9,11,13,19H,10,12H2,(H2,24,26,27). The smallest absolute Gasteiger partial charge is 0.299 e. The fraction of sp³-hybridized carbons (Fsp3) is 0.136. The van der Waals surface area contributed by atoms with Crippen LogP contribution in [0, 0.1) is 0 Å². The van der Waals surface area contributed by atoms with E-state index in [2.05, 4.69) is 0 Å². The molecule has 0 radical (unpaired) electrons. The molecule has 0 amide bonds. The van der Waals surface area contributed by atoms with E-state index in [-0.39, 0.29) is 18.8 Å². The molecule has 0 bridgehead atoms. The highest BCUT2D eigenvalue weighted by Gasteiger charge is 2.26. The number of fused-ring (bicyclic) bond motifs is 2. The summed E-state index contributed by atoms with van der Waals surface area (Å²) in [5.41, 5.74) is 1.53. The van der Waals surface area contributed by atoms with Gasteiger partial charge >= 0.3 is 10.3 Å². The lowest BCUT2D eigenvalue weighted by molar-refractivity contribution is -0.120. The van der Waals surface area contributed by atoms with Crippen LogP contribution in [0.3, 0.4) is 0 Å². The largest absolute Gasteiger partial charge is 0.333 e. The summed E-state index contributed by atoms with van der Waals surface area (Å²) in [5, 5.41) is 10.3. The van der Waals surface area contributed by atoms with Gasteiger partial charge in [0.1, 0.15) is 5.78 Å². The van der Waals surface area contributed by atoms with Crippen molar-refractivity contribution in [2.75, 3.05) is 6.61 Å². The molecule has 0 fully saturated rings. The van der Waals surface area contributed by atoms with Crippen LogP contribution in [0.1, 0.15) is 17.0 Å². The Bertz CT molecular complexity index is 1350. The Hall–Kier alpha value is -2.29. The predicted octanol–water partition coefficient (Wildman–Crippen LogP) is 4.82. The van der Waals surface area contributed by atoms with Crippen molar-refractivity contribution in [1.29, 1.82) is 0 Å². The van der Waals surface area contributed by atoms with Crippen molar-refractivity contribution < 1.29 is 17.4 Å². The number of thiophene rings is 1. The second-order valence-electron chi connectivity index (χ2n) is 6.99. The Kier molecular flexibility index (Phi) is 5.90. The molecule has 0 saturated heterocycles. The van der Waals surface area contributed by atoms with Crippen molar-refractivity contribution in [3.63, 3.8) is 0 Å². The summed E-state index contributed by atoms with van der Waals surface area (Å²) in [4.78, 5) is 13.2. The molecule has 1 unspecified atom stereocenters. The molecule has 1 heterocycles. The molecule has 2 N–H and O–H groups in total. The first-order chi connectivity index (χ1) is 14.3. The van der Waals surface area contributed by atoms with E-state index >= 15 is 0 Å². The number of ketones is 1. The third kappa shape index (κ3) is 4.71. The van der Waals surface area contributed by atoms with Gasteiger partial charge in [0, 0.05) is 16.1 Å². The van der Waals surface area contributed by atoms with Gasteiger partial charge < -0.3 is 0 Å². The number of nitrogens with two attached hydrogens (primary N) is 1. The Morgan fingerprint density at radius 1 is 1.07 bits per heavy atom. The first-order valence-corrected chi connectivity index (χ1v) is 11.9. The van der Waals surface area contributed by atoms with Gasteiger partial charge in [0.2, 0.25) is 0 Å². The second kappa shape index (κ2) is 8.45. The van der Waals surface area contributed by atoms with Gasteiger partial charge in [0.15, 0.2) is 0 Å². The van der Waals surface area contributed by atoms with Crippen LogP contribution in [-0.2, 0) is 25.7 Å². The van der Waals surface area contributed by atoms with E-state index < -0.39 is 16.2 Å². The molecule has 154 valence electrons. The molecule has 3 aromatic carbocycles. The Morgan fingerprint density at radius 3 is 2.60 bits per heavy atom. The van der Waals surface area contributed by atoms with Crippen molar-refractivity contribution in [1.82, 2.24) is 0 Å². The van der Waals surface area contributed by atoms with E-state index in [1.54, 1.807) is 12.1 Å². The van der Waals surface area contributed by atoms with E-state index in [0.717, 1.165) is 26.4 Å². The van der Waals surface area contributed by atoms with Gasteiger partial charge in [-0.15, -0.1) is 11.3 Å². The molecule has 5 nitrogen and oxygen atoms in total. The zero-order valence-corrected chi connectivity index (χ0v) is 18.1. The minimum absolute atomic E-state index is 0.140. The van der Waals surface area contributed by atoms with Crippen molar-refractivity contribution >= 4 is 59.9 Å². The minimum atomic E-state index is -4.18.